The van der Waals surface area contributed by atoms with Gasteiger partial charge in [-0.05, 0) is 40.9 Å². The van der Waals surface area contributed by atoms with Crippen molar-refractivity contribution < 1.29 is 4.74 Å². The first-order chi connectivity index (χ1) is 8.34. The number of rotatable bonds is 5. The summed E-state index contributed by atoms with van der Waals surface area (Å²) in [5.74, 6) is 0.903. The highest BCUT2D eigenvalue weighted by molar-refractivity contribution is 9.10. The molecule has 0 radical (unpaired) electrons. The molecule has 1 aromatic rings. The quantitative estimate of drug-likeness (QED) is 0.843. The van der Waals surface area contributed by atoms with Crippen molar-refractivity contribution in [2.24, 2.45) is 0 Å². The van der Waals surface area contributed by atoms with Crippen LogP contribution < -0.4 is 5.32 Å². The van der Waals surface area contributed by atoms with Crippen molar-refractivity contribution in [3.05, 3.63) is 22.8 Å². The van der Waals surface area contributed by atoms with Crippen LogP contribution in [0.4, 0.5) is 5.82 Å². The van der Waals surface area contributed by atoms with E-state index in [0.29, 0.717) is 6.10 Å². The van der Waals surface area contributed by atoms with Gasteiger partial charge >= 0.3 is 0 Å². The van der Waals surface area contributed by atoms with Gasteiger partial charge in [0.05, 0.1) is 12.7 Å². The van der Waals surface area contributed by atoms with E-state index >= 15 is 0 Å². The molecular formula is C13H19BrN2O. The highest BCUT2D eigenvalue weighted by Crippen LogP contribution is 2.20. The second-order valence-electron chi connectivity index (χ2n) is 4.42. The molecule has 1 fully saturated rings. The van der Waals surface area contributed by atoms with Gasteiger partial charge in [0.1, 0.15) is 5.82 Å². The minimum absolute atomic E-state index is 0.489. The Morgan fingerprint density at radius 2 is 2.12 bits per heavy atom. The lowest BCUT2D eigenvalue weighted by Gasteiger charge is -2.22. The van der Waals surface area contributed by atoms with E-state index in [2.05, 4.69) is 26.2 Å². The molecule has 1 aliphatic carbocycles. The van der Waals surface area contributed by atoms with E-state index in [-0.39, 0.29) is 0 Å². The average Bonchev–Trinajstić information content (AvgIpc) is 2.38. The van der Waals surface area contributed by atoms with Crippen LogP contribution in [-0.2, 0) is 4.74 Å². The Bertz CT molecular complexity index is 323. The Morgan fingerprint density at radius 1 is 1.29 bits per heavy atom. The fourth-order valence-electron chi connectivity index (χ4n) is 2.12. The van der Waals surface area contributed by atoms with E-state index in [1.807, 2.05) is 12.1 Å². The van der Waals surface area contributed by atoms with Gasteiger partial charge in [-0.3, -0.25) is 0 Å². The Labute approximate surface area is 111 Å². The lowest BCUT2D eigenvalue weighted by atomic mass is 9.98. The summed E-state index contributed by atoms with van der Waals surface area (Å²) in [6.07, 6.45) is 8.78. The first-order valence-electron chi connectivity index (χ1n) is 6.31. The molecule has 0 atom stereocenters. The summed E-state index contributed by atoms with van der Waals surface area (Å²) in [4.78, 5) is 4.25. The predicted octanol–water partition coefficient (Wildman–Crippen LogP) is 3.61. The number of aromatic nitrogens is 1. The molecular weight excluding hydrogens is 280 g/mol. The normalized spacial score (nSPS) is 17.0. The lowest BCUT2D eigenvalue weighted by Crippen LogP contribution is -2.20. The van der Waals surface area contributed by atoms with Gasteiger partial charge in [0.25, 0.3) is 0 Å². The predicted molar refractivity (Wildman–Crippen MR) is 73.3 cm³/mol. The molecule has 17 heavy (non-hydrogen) atoms. The molecule has 0 unspecified atom stereocenters. The Morgan fingerprint density at radius 3 is 2.82 bits per heavy atom. The van der Waals surface area contributed by atoms with Crippen molar-refractivity contribution in [2.45, 2.75) is 38.2 Å². The third kappa shape index (κ3) is 4.64. The molecule has 3 nitrogen and oxygen atoms in total. The van der Waals surface area contributed by atoms with Crippen LogP contribution in [0.25, 0.3) is 0 Å². The zero-order chi connectivity index (χ0) is 11.9. The van der Waals surface area contributed by atoms with Crippen molar-refractivity contribution in [2.75, 3.05) is 18.5 Å². The molecule has 0 aromatic carbocycles. The molecule has 0 bridgehead atoms. The molecule has 0 aliphatic heterocycles. The number of anilines is 1. The standard InChI is InChI=1S/C13H19BrN2O/c14-11-6-7-13(16-10-11)15-8-9-17-12-4-2-1-3-5-12/h6-7,10,12H,1-5,8-9H2,(H,15,16). The van der Waals surface area contributed by atoms with Gasteiger partial charge in [0.2, 0.25) is 0 Å². The maximum atomic E-state index is 5.83. The third-order valence-corrected chi connectivity index (χ3v) is 3.51. The lowest BCUT2D eigenvalue weighted by molar-refractivity contribution is 0.0347. The van der Waals surface area contributed by atoms with E-state index in [9.17, 15) is 0 Å². The Balaban J connectivity index is 1.60. The molecule has 2 rings (SSSR count). The third-order valence-electron chi connectivity index (χ3n) is 3.04. The van der Waals surface area contributed by atoms with E-state index in [0.717, 1.165) is 23.4 Å². The summed E-state index contributed by atoms with van der Waals surface area (Å²) in [6, 6.07) is 3.95. The van der Waals surface area contributed by atoms with E-state index in [1.54, 1.807) is 6.20 Å². The fourth-order valence-corrected chi connectivity index (χ4v) is 2.35. The first-order valence-corrected chi connectivity index (χ1v) is 7.11. The summed E-state index contributed by atoms with van der Waals surface area (Å²) in [6.45, 7) is 1.59. The smallest absolute Gasteiger partial charge is 0.126 e. The molecule has 4 heteroatoms. The first kappa shape index (κ1) is 12.8. The number of nitrogens with one attached hydrogen (secondary N) is 1. The average molecular weight is 299 g/mol. The molecule has 1 aromatic heterocycles. The molecule has 0 saturated heterocycles. The number of ether oxygens (including phenoxy) is 1. The molecule has 1 heterocycles. The molecule has 0 amide bonds. The Hall–Kier alpha value is -0.610. The number of hydrogen-bond acceptors (Lipinski definition) is 3. The maximum Gasteiger partial charge on any atom is 0.126 e. The van der Waals surface area contributed by atoms with Gasteiger partial charge in [-0.15, -0.1) is 0 Å². The van der Waals surface area contributed by atoms with Gasteiger partial charge in [0.15, 0.2) is 0 Å². The highest BCUT2D eigenvalue weighted by Gasteiger charge is 2.12. The minimum atomic E-state index is 0.489. The van der Waals surface area contributed by atoms with Crippen molar-refractivity contribution in [1.29, 1.82) is 0 Å². The van der Waals surface area contributed by atoms with Crippen LogP contribution >= 0.6 is 15.9 Å². The van der Waals surface area contributed by atoms with Crippen LogP contribution in [0.2, 0.25) is 0 Å². The van der Waals surface area contributed by atoms with E-state index in [1.165, 1.54) is 32.1 Å². The second-order valence-corrected chi connectivity index (χ2v) is 5.33. The summed E-state index contributed by atoms with van der Waals surface area (Å²) >= 11 is 3.36. The summed E-state index contributed by atoms with van der Waals surface area (Å²) in [7, 11) is 0. The van der Waals surface area contributed by atoms with Gasteiger partial charge in [-0.1, -0.05) is 19.3 Å². The van der Waals surface area contributed by atoms with Crippen LogP contribution in [0.5, 0.6) is 0 Å². The largest absolute Gasteiger partial charge is 0.376 e. The minimum Gasteiger partial charge on any atom is -0.376 e. The van der Waals surface area contributed by atoms with Crippen molar-refractivity contribution in [1.82, 2.24) is 4.98 Å². The molecule has 1 N–H and O–H groups in total. The SMILES string of the molecule is Brc1ccc(NCCOC2CCCCC2)nc1. The number of nitrogens with zero attached hydrogens (tertiary/aromatic N) is 1. The van der Waals surface area contributed by atoms with Gasteiger partial charge in [-0.25, -0.2) is 4.98 Å². The molecule has 1 saturated carbocycles. The van der Waals surface area contributed by atoms with Gasteiger partial charge < -0.3 is 10.1 Å². The highest BCUT2D eigenvalue weighted by atomic mass is 79.9. The summed E-state index contributed by atoms with van der Waals surface area (Å²) < 4.78 is 6.83. The van der Waals surface area contributed by atoms with Crippen LogP contribution in [0, 0.1) is 0 Å². The van der Waals surface area contributed by atoms with Gasteiger partial charge in [-0.2, -0.15) is 0 Å². The zero-order valence-corrected chi connectivity index (χ0v) is 11.6. The monoisotopic (exact) mass is 298 g/mol. The van der Waals surface area contributed by atoms with E-state index < -0.39 is 0 Å². The topological polar surface area (TPSA) is 34.1 Å². The fraction of sp³-hybridized carbons (Fsp3) is 0.615. The summed E-state index contributed by atoms with van der Waals surface area (Å²) in [5.41, 5.74) is 0. The van der Waals surface area contributed by atoms with Crippen LogP contribution in [0.15, 0.2) is 22.8 Å². The van der Waals surface area contributed by atoms with Crippen molar-refractivity contribution >= 4 is 21.7 Å². The van der Waals surface area contributed by atoms with Crippen LogP contribution in [0.1, 0.15) is 32.1 Å². The molecule has 1 aliphatic rings. The summed E-state index contributed by atoms with van der Waals surface area (Å²) in [5, 5.41) is 3.25. The van der Waals surface area contributed by atoms with Gasteiger partial charge in [0, 0.05) is 17.2 Å². The number of halogens is 1. The zero-order valence-electron chi connectivity index (χ0n) is 9.99. The molecule has 94 valence electrons. The van der Waals surface area contributed by atoms with E-state index in [4.69, 9.17) is 4.74 Å². The van der Waals surface area contributed by atoms with Crippen molar-refractivity contribution in [3.8, 4) is 0 Å². The number of hydrogen-bond donors (Lipinski definition) is 1. The number of pyridine rings is 1. The van der Waals surface area contributed by atoms with Crippen LogP contribution in [0.3, 0.4) is 0 Å². The van der Waals surface area contributed by atoms with Crippen LogP contribution in [-0.4, -0.2) is 24.2 Å². The maximum absolute atomic E-state index is 5.83. The molecule has 0 spiro atoms. The second kappa shape index (κ2) is 6.97. The van der Waals surface area contributed by atoms with Crippen molar-refractivity contribution in [3.63, 3.8) is 0 Å². The Kier molecular flexibility index (Phi) is 5.26.